The molecular weight excluding hydrogens is 450 g/mol. The molecule has 0 unspecified atom stereocenters. The smallest absolute Gasteiger partial charge is 0.303 e. The molecule has 0 amide bonds. The number of methoxy groups -OCH3 is 1. The van der Waals surface area contributed by atoms with Crippen molar-refractivity contribution < 1.29 is 28.2 Å². The average molecular weight is 483 g/mol. The SMILES string of the molecule is CC[C@@H](CC(=O)O)c1cc(OCc2ccc(-c3cc(OC)ccc3F)c(C(C)(C)C)c2)ccc1F. The van der Waals surface area contributed by atoms with Gasteiger partial charge in [-0.15, -0.1) is 0 Å². The van der Waals surface area contributed by atoms with E-state index in [1.54, 1.807) is 25.3 Å². The molecule has 6 heteroatoms. The summed E-state index contributed by atoms with van der Waals surface area (Å²) in [5.74, 6) is -1.12. The second-order valence-corrected chi connectivity index (χ2v) is 9.65. The summed E-state index contributed by atoms with van der Waals surface area (Å²) in [5.41, 5.74) is 3.15. The number of carboxylic acid groups (broad SMARTS) is 1. The Kier molecular flexibility index (Phi) is 8.15. The molecule has 0 aliphatic rings. The normalized spacial score (nSPS) is 12.3. The molecule has 1 atom stereocenters. The van der Waals surface area contributed by atoms with E-state index >= 15 is 0 Å². The van der Waals surface area contributed by atoms with Gasteiger partial charge >= 0.3 is 5.97 Å². The standard InChI is InChI=1S/C29H32F2O4/c1-6-19(14-28(32)33)23-16-21(9-12-26(23)30)35-17-18-7-10-22(25(13-18)29(2,3)4)24-15-20(34-5)8-11-27(24)31/h7-13,15-16,19H,6,14,17H2,1-5H3,(H,32,33)/t19-/m0/s1. The Balaban J connectivity index is 1.90. The Hall–Kier alpha value is -3.41. The summed E-state index contributed by atoms with van der Waals surface area (Å²) in [6.45, 7) is 8.25. The van der Waals surface area contributed by atoms with Gasteiger partial charge in [-0.2, -0.15) is 0 Å². The van der Waals surface area contributed by atoms with Crippen molar-refractivity contribution in [2.24, 2.45) is 0 Å². The van der Waals surface area contributed by atoms with Crippen LogP contribution < -0.4 is 9.47 Å². The molecule has 0 heterocycles. The van der Waals surface area contributed by atoms with Crippen molar-refractivity contribution >= 4 is 5.97 Å². The Labute approximate surface area is 205 Å². The maximum absolute atomic E-state index is 14.7. The monoisotopic (exact) mass is 482 g/mol. The van der Waals surface area contributed by atoms with Crippen LogP contribution >= 0.6 is 0 Å². The molecule has 0 aromatic heterocycles. The molecule has 186 valence electrons. The molecule has 3 aromatic carbocycles. The highest BCUT2D eigenvalue weighted by Gasteiger charge is 2.22. The first-order chi connectivity index (χ1) is 16.5. The van der Waals surface area contributed by atoms with Gasteiger partial charge in [-0.05, 0) is 76.4 Å². The fourth-order valence-electron chi connectivity index (χ4n) is 4.15. The third kappa shape index (κ3) is 6.38. The van der Waals surface area contributed by atoms with Crippen molar-refractivity contribution in [1.29, 1.82) is 0 Å². The number of hydrogen-bond donors (Lipinski definition) is 1. The van der Waals surface area contributed by atoms with Crippen LogP contribution in [0.4, 0.5) is 8.78 Å². The largest absolute Gasteiger partial charge is 0.497 e. The minimum Gasteiger partial charge on any atom is -0.497 e. The highest BCUT2D eigenvalue weighted by atomic mass is 19.1. The molecule has 0 saturated heterocycles. The summed E-state index contributed by atoms with van der Waals surface area (Å²) in [6, 6.07) is 14.9. The lowest BCUT2D eigenvalue weighted by Gasteiger charge is -2.25. The van der Waals surface area contributed by atoms with Crippen LogP contribution in [0.25, 0.3) is 11.1 Å². The molecule has 0 saturated carbocycles. The molecule has 0 aliphatic heterocycles. The first kappa shape index (κ1) is 26.2. The van der Waals surface area contributed by atoms with Gasteiger partial charge in [0, 0.05) is 5.56 Å². The van der Waals surface area contributed by atoms with Crippen molar-refractivity contribution in [2.75, 3.05) is 7.11 Å². The number of aliphatic carboxylic acids is 1. The molecule has 4 nitrogen and oxygen atoms in total. The van der Waals surface area contributed by atoms with E-state index in [0.29, 0.717) is 29.0 Å². The first-order valence-corrected chi connectivity index (χ1v) is 11.6. The third-order valence-electron chi connectivity index (χ3n) is 6.08. The third-order valence-corrected chi connectivity index (χ3v) is 6.08. The summed E-state index contributed by atoms with van der Waals surface area (Å²) in [7, 11) is 1.55. The van der Waals surface area contributed by atoms with E-state index in [-0.39, 0.29) is 24.3 Å². The van der Waals surface area contributed by atoms with Crippen molar-refractivity contribution in [3.63, 3.8) is 0 Å². The zero-order chi connectivity index (χ0) is 25.8. The summed E-state index contributed by atoms with van der Waals surface area (Å²) >= 11 is 0. The predicted octanol–water partition coefficient (Wildman–Crippen LogP) is 7.49. The predicted molar refractivity (Wildman–Crippen MR) is 133 cm³/mol. The van der Waals surface area contributed by atoms with Crippen LogP contribution in [-0.4, -0.2) is 18.2 Å². The van der Waals surface area contributed by atoms with Gasteiger partial charge in [0.05, 0.1) is 13.5 Å². The second kappa shape index (κ2) is 10.9. The molecule has 0 spiro atoms. The lowest BCUT2D eigenvalue weighted by atomic mass is 9.81. The van der Waals surface area contributed by atoms with E-state index in [9.17, 15) is 13.6 Å². The fraction of sp³-hybridized carbons (Fsp3) is 0.345. The number of ether oxygens (including phenoxy) is 2. The zero-order valence-corrected chi connectivity index (χ0v) is 20.8. The average Bonchev–Trinajstić information content (AvgIpc) is 2.81. The first-order valence-electron chi connectivity index (χ1n) is 11.6. The molecule has 0 bridgehead atoms. The van der Waals surface area contributed by atoms with Gasteiger partial charge in [-0.3, -0.25) is 4.79 Å². The Morgan fingerprint density at radius 2 is 1.63 bits per heavy atom. The van der Waals surface area contributed by atoms with E-state index in [2.05, 4.69) is 20.8 Å². The maximum atomic E-state index is 14.7. The zero-order valence-electron chi connectivity index (χ0n) is 20.8. The van der Waals surface area contributed by atoms with Crippen LogP contribution in [0.15, 0.2) is 54.6 Å². The number of rotatable bonds is 9. The molecule has 3 rings (SSSR count). The van der Waals surface area contributed by atoms with Crippen LogP contribution in [0.1, 0.15) is 63.1 Å². The minimum absolute atomic E-state index is 0.145. The van der Waals surface area contributed by atoms with Crippen LogP contribution in [0.3, 0.4) is 0 Å². The number of halogens is 2. The Morgan fingerprint density at radius 3 is 2.26 bits per heavy atom. The van der Waals surface area contributed by atoms with Crippen molar-refractivity contribution in [3.8, 4) is 22.6 Å². The van der Waals surface area contributed by atoms with E-state index in [4.69, 9.17) is 14.6 Å². The topological polar surface area (TPSA) is 55.8 Å². The number of carboxylic acids is 1. The molecule has 3 aromatic rings. The molecule has 35 heavy (non-hydrogen) atoms. The van der Waals surface area contributed by atoms with Gasteiger partial charge in [-0.25, -0.2) is 8.78 Å². The van der Waals surface area contributed by atoms with Gasteiger partial charge in [0.1, 0.15) is 29.7 Å². The molecule has 1 N–H and O–H groups in total. The molecular formula is C29H32F2O4. The summed E-state index contributed by atoms with van der Waals surface area (Å²) < 4.78 is 40.4. The van der Waals surface area contributed by atoms with Crippen LogP contribution in [0.2, 0.25) is 0 Å². The quantitative estimate of drug-likeness (QED) is 0.343. The van der Waals surface area contributed by atoms with Gasteiger partial charge in [-0.1, -0.05) is 45.9 Å². The van der Waals surface area contributed by atoms with Crippen molar-refractivity contribution in [1.82, 2.24) is 0 Å². The molecule has 0 aliphatic carbocycles. The number of hydrogen-bond acceptors (Lipinski definition) is 3. The lowest BCUT2D eigenvalue weighted by molar-refractivity contribution is -0.137. The van der Waals surface area contributed by atoms with E-state index < -0.39 is 17.7 Å². The van der Waals surface area contributed by atoms with Crippen LogP contribution in [0.5, 0.6) is 11.5 Å². The van der Waals surface area contributed by atoms with Crippen molar-refractivity contribution in [2.45, 2.75) is 58.5 Å². The van der Waals surface area contributed by atoms with E-state index in [0.717, 1.165) is 16.7 Å². The molecule has 0 fully saturated rings. The maximum Gasteiger partial charge on any atom is 0.303 e. The minimum atomic E-state index is -0.968. The van der Waals surface area contributed by atoms with Crippen LogP contribution in [0, 0.1) is 11.6 Å². The summed E-state index contributed by atoms with van der Waals surface area (Å²) in [6.07, 6.45) is 0.359. The second-order valence-electron chi connectivity index (χ2n) is 9.65. The van der Waals surface area contributed by atoms with Gasteiger partial charge < -0.3 is 14.6 Å². The van der Waals surface area contributed by atoms with Gasteiger partial charge in [0.15, 0.2) is 0 Å². The number of benzene rings is 3. The Bertz CT molecular complexity index is 1200. The Morgan fingerprint density at radius 1 is 0.943 bits per heavy atom. The van der Waals surface area contributed by atoms with Crippen LogP contribution in [-0.2, 0) is 16.8 Å². The highest BCUT2D eigenvalue weighted by Crippen LogP contribution is 2.37. The van der Waals surface area contributed by atoms with Gasteiger partial charge in [0.2, 0.25) is 0 Å². The summed E-state index contributed by atoms with van der Waals surface area (Å²) in [4.78, 5) is 11.2. The van der Waals surface area contributed by atoms with E-state index in [1.165, 1.54) is 18.2 Å². The lowest BCUT2D eigenvalue weighted by Crippen LogP contribution is -2.14. The highest BCUT2D eigenvalue weighted by molar-refractivity contribution is 5.71. The van der Waals surface area contributed by atoms with E-state index in [1.807, 2.05) is 25.1 Å². The fourth-order valence-corrected chi connectivity index (χ4v) is 4.15. The van der Waals surface area contributed by atoms with Crippen molar-refractivity contribution in [3.05, 3.63) is 82.9 Å². The number of carbonyl (C=O) groups is 1. The van der Waals surface area contributed by atoms with Gasteiger partial charge in [0.25, 0.3) is 0 Å². The summed E-state index contributed by atoms with van der Waals surface area (Å²) in [5, 5.41) is 9.15. The molecule has 0 radical (unpaired) electrons.